The fourth-order valence-corrected chi connectivity index (χ4v) is 3.73. The highest BCUT2D eigenvalue weighted by molar-refractivity contribution is 5.80. The van der Waals surface area contributed by atoms with Crippen LogP contribution in [0.2, 0.25) is 0 Å². The fraction of sp³-hybridized carbons (Fsp3) is 0.636. The molecule has 1 heterocycles. The number of nitrogens with zero attached hydrogens (tertiary/aromatic N) is 2. The summed E-state index contributed by atoms with van der Waals surface area (Å²) in [6, 6.07) is 4.65. The number of likely N-dealkylation sites (tertiary alicyclic amines) is 1. The Hall–Kier alpha value is -2.45. The van der Waals surface area contributed by atoms with E-state index < -0.39 is 12.8 Å². The van der Waals surface area contributed by atoms with Crippen molar-refractivity contribution >= 4 is 11.8 Å². The van der Waals surface area contributed by atoms with E-state index in [4.69, 9.17) is 9.47 Å². The summed E-state index contributed by atoms with van der Waals surface area (Å²) in [7, 11) is 1.36. The van der Waals surface area contributed by atoms with Gasteiger partial charge in [0.25, 0.3) is 0 Å². The highest BCUT2D eigenvalue weighted by Crippen LogP contribution is 2.30. The molecule has 0 aromatic heterocycles. The molecule has 1 saturated heterocycles. The largest absolute Gasteiger partial charge is 0.493 e. The number of aryl methyl sites for hydroxylation is 1. The Bertz CT molecular complexity index is 743. The molecule has 0 N–H and O–H groups in total. The first-order chi connectivity index (χ1) is 14.7. The molecule has 2 rings (SSSR count). The van der Waals surface area contributed by atoms with Gasteiger partial charge in [0.15, 0.2) is 18.1 Å². The smallest absolute Gasteiger partial charge is 0.422 e. The number of hydrogen-bond acceptors (Lipinski definition) is 4. The van der Waals surface area contributed by atoms with Crippen LogP contribution in [0.25, 0.3) is 0 Å². The van der Waals surface area contributed by atoms with Crippen molar-refractivity contribution in [3.63, 3.8) is 0 Å². The number of amides is 2. The molecule has 0 radical (unpaired) electrons. The minimum Gasteiger partial charge on any atom is -0.493 e. The van der Waals surface area contributed by atoms with Crippen LogP contribution in [0.3, 0.4) is 0 Å². The van der Waals surface area contributed by atoms with E-state index in [1.54, 1.807) is 17.0 Å². The van der Waals surface area contributed by atoms with Gasteiger partial charge in [0.05, 0.1) is 7.11 Å². The zero-order valence-corrected chi connectivity index (χ0v) is 18.3. The van der Waals surface area contributed by atoms with E-state index in [9.17, 15) is 22.8 Å². The molecule has 0 atom stereocenters. The topological polar surface area (TPSA) is 59.1 Å². The number of hydrogen-bond donors (Lipinski definition) is 0. The third kappa shape index (κ3) is 7.33. The number of halogens is 3. The zero-order chi connectivity index (χ0) is 23.0. The second-order valence-corrected chi connectivity index (χ2v) is 7.55. The Morgan fingerprint density at radius 2 is 1.77 bits per heavy atom. The molecule has 31 heavy (non-hydrogen) atoms. The molecule has 1 aromatic carbocycles. The Morgan fingerprint density at radius 3 is 2.32 bits per heavy atom. The third-order valence-corrected chi connectivity index (χ3v) is 5.52. The fourth-order valence-electron chi connectivity index (χ4n) is 3.73. The van der Waals surface area contributed by atoms with Crippen LogP contribution in [-0.4, -0.2) is 67.7 Å². The van der Waals surface area contributed by atoms with Crippen molar-refractivity contribution < 1.29 is 32.2 Å². The standard InChI is InChI=1S/C22H31F3N2O4/c1-4-26(5-2)21(29)17-10-12-27(13-11-17)20(28)9-7-16-6-8-18(19(14-16)30-3)31-15-22(23,24)25/h6,8,14,17H,4-5,7,9-13,15H2,1-3H3. The molecular weight excluding hydrogens is 413 g/mol. The van der Waals surface area contributed by atoms with Crippen LogP contribution >= 0.6 is 0 Å². The highest BCUT2D eigenvalue weighted by Gasteiger charge is 2.30. The highest BCUT2D eigenvalue weighted by atomic mass is 19.4. The molecule has 1 fully saturated rings. The summed E-state index contributed by atoms with van der Waals surface area (Å²) < 4.78 is 47.0. The lowest BCUT2D eigenvalue weighted by Gasteiger charge is -2.33. The van der Waals surface area contributed by atoms with E-state index in [1.807, 2.05) is 18.7 Å². The average Bonchev–Trinajstić information content (AvgIpc) is 2.76. The Labute approximate surface area is 181 Å². The van der Waals surface area contributed by atoms with Crippen molar-refractivity contribution in [2.75, 3.05) is 39.9 Å². The van der Waals surface area contributed by atoms with Gasteiger partial charge in [0.2, 0.25) is 11.8 Å². The maximum absolute atomic E-state index is 12.6. The first-order valence-corrected chi connectivity index (χ1v) is 10.6. The summed E-state index contributed by atoms with van der Waals surface area (Å²) in [6.07, 6.45) is -2.38. The molecule has 0 bridgehead atoms. The van der Waals surface area contributed by atoms with Gasteiger partial charge in [-0.25, -0.2) is 0 Å². The first kappa shape index (κ1) is 24.8. The maximum atomic E-state index is 12.6. The number of methoxy groups -OCH3 is 1. The minimum absolute atomic E-state index is 0.00472. The normalized spacial score (nSPS) is 15.0. The van der Waals surface area contributed by atoms with Crippen LogP contribution < -0.4 is 9.47 Å². The van der Waals surface area contributed by atoms with Gasteiger partial charge in [0, 0.05) is 38.5 Å². The van der Waals surface area contributed by atoms with Gasteiger partial charge in [-0.15, -0.1) is 0 Å². The van der Waals surface area contributed by atoms with Crippen molar-refractivity contribution in [1.82, 2.24) is 9.80 Å². The third-order valence-electron chi connectivity index (χ3n) is 5.52. The SMILES string of the molecule is CCN(CC)C(=O)C1CCN(C(=O)CCc2ccc(OCC(F)(F)F)c(OC)c2)CC1. The van der Waals surface area contributed by atoms with Crippen LogP contribution in [0.1, 0.15) is 38.7 Å². The average molecular weight is 444 g/mol. The molecular formula is C22H31F3N2O4. The number of piperidine rings is 1. The molecule has 0 spiro atoms. The summed E-state index contributed by atoms with van der Waals surface area (Å²) >= 11 is 0. The lowest BCUT2D eigenvalue weighted by molar-refractivity contribution is -0.153. The maximum Gasteiger partial charge on any atom is 0.422 e. The van der Waals surface area contributed by atoms with Crippen LogP contribution in [0, 0.1) is 5.92 Å². The Morgan fingerprint density at radius 1 is 1.13 bits per heavy atom. The Balaban J connectivity index is 1.85. The molecule has 0 unspecified atom stereocenters. The monoisotopic (exact) mass is 444 g/mol. The van der Waals surface area contributed by atoms with Crippen molar-refractivity contribution in [3.05, 3.63) is 23.8 Å². The quantitative estimate of drug-likeness (QED) is 0.583. The van der Waals surface area contributed by atoms with Gasteiger partial charge < -0.3 is 19.3 Å². The first-order valence-electron chi connectivity index (χ1n) is 10.6. The van der Waals surface area contributed by atoms with Crippen LogP contribution in [0.15, 0.2) is 18.2 Å². The lowest BCUT2D eigenvalue weighted by Crippen LogP contribution is -2.44. The lowest BCUT2D eigenvalue weighted by atomic mass is 9.94. The van der Waals surface area contributed by atoms with Crippen molar-refractivity contribution in [2.45, 2.75) is 45.7 Å². The van der Waals surface area contributed by atoms with Crippen molar-refractivity contribution in [3.8, 4) is 11.5 Å². The van der Waals surface area contributed by atoms with Gasteiger partial charge in [-0.2, -0.15) is 13.2 Å². The van der Waals surface area contributed by atoms with Gasteiger partial charge in [-0.1, -0.05) is 6.07 Å². The predicted octanol–water partition coefficient (Wildman–Crippen LogP) is 3.68. The predicted molar refractivity (Wildman–Crippen MR) is 110 cm³/mol. The molecule has 1 aliphatic heterocycles. The molecule has 9 heteroatoms. The number of alkyl halides is 3. The van der Waals surface area contributed by atoms with E-state index in [1.165, 1.54) is 13.2 Å². The van der Waals surface area contributed by atoms with Gasteiger partial charge >= 0.3 is 6.18 Å². The van der Waals surface area contributed by atoms with Crippen LogP contribution in [0.4, 0.5) is 13.2 Å². The van der Waals surface area contributed by atoms with Gasteiger partial charge in [-0.05, 0) is 50.8 Å². The van der Waals surface area contributed by atoms with E-state index in [0.29, 0.717) is 45.4 Å². The molecule has 174 valence electrons. The molecule has 1 aromatic rings. The van der Waals surface area contributed by atoms with Crippen molar-refractivity contribution in [1.29, 1.82) is 0 Å². The molecule has 0 saturated carbocycles. The summed E-state index contributed by atoms with van der Waals surface area (Å²) in [5.74, 6) is 0.347. The number of carbonyl (C=O) groups excluding carboxylic acids is 2. The summed E-state index contributed by atoms with van der Waals surface area (Å²) in [5.41, 5.74) is 0.774. The van der Waals surface area contributed by atoms with Gasteiger partial charge in [0.1, 0.15) is 0 Å². The molecule has 1 aliphatic rings. The van der Waals surface area contributed by atoms with E-state index >= 15 is 0 Å². The van der Waals surface area contributed by atoms with Gasteiger partial charge in [-0.3, -0.25) is 9.59 Å². The van der Waals surface area contributed by atoms with Crippen molar-refractivity contribution in [2.24, 2.45) is 5.92 Å². The van der Waals surface area contributed by atoms with Crippen LogP contribution in [-0.2, 0) is 16.0 Å². The van der Waals surface area contributed by atoms with E-state index in [0.717, 1.165) is 5.56 Å². The van der Waals surface area contributed by atoms with E-state index in [2.05, 4.69) is 0 Å². The summed E-state index contributed by atoms with van der Waals surface area (Å²) in [6.45, 7) is 5.03. The van der Waals surface area contributed by atoms with E-state index in [-0.39, 0.29) is 35.7 Å². The molecule has 0 aliphatic carbocycles. The minimum atomic E-state index is -4.43. The Kier molecular flexibility index (Phi) is 9.00. The summed E-state index contributed by atoms with van der Waals surface area (Å²) in [4.78, 5) is 28.7. The zero-order valence-electron chi connectivity index (χ0n) is 18.3. The number of benzene rings is 1. The molecule has 2 amide bonds. The number of rotatable bonds is 9. The molecule has 6 nitrogen and oxygen atoms in total. The second-order valence-electron chi connectivity index (χ2n) is 7.55. The number of ether oxygens (including phenoxy) is 2. The summed E-state index contributed by atoms with van der Waals surface area (Å²) in [5, 5.41) is 0. The number of carbonyl (C=O) groups is 2. The van der Waals surface area contributed by atoms with Crippen LogP contribution in [0.5, 0.6) is 11.5 Å². The second kappa shape index (κ2) is 11.2.